The van der Waals surface area contributed by atoms with Gasteiger partial charge >= 0.3 is 0 Å². The molecule has 176 valence electrons. The summed E-state index contributed by atoms with van der Waals surface area (Å²) in [6.45, 7) is 20.0. The van der Waals surface area contributed by atoms with E-state index in [9.17, 15) is 0 Å². The maximum absolute atomic E-state index is 2.75. The van der Waals surface area contributed by atoms with Gasteiger partial charge in [0.15, 0.2) is 0 Å². The molecule has 0 aromatic rings. The van der Waals surface area contributed by atoms with Crippen molar-refractivity contribution in [1.29, 1.82) is 0 Å². The highest BCUT2D eigenvalue weighted by molar-refractivity contribution is 5.25. The van der Waals surface area contributed by atoms with E-state index < -0.39 is 0 Å². The van der Waals surface area contributed by atoms with Crippen LogP contribution in [0.2, 0.25) is 0 Å². The summed E-state index contributed by atoms with van der Waals surface area (Å²) >= 11 is 0. The zero-order valence-electron chi connectivity index (χ0n) is 22.1. The average molecular weight is 425 g/mol. The Labute approximate surface area is 194 Å². The molecule has 0 aliphatic heterocycles. The van der Waals surface area contributed by atoms with Crippen molar-refractivity contribution in [2.24, 2.45) is 64.1 Å². The van der Waals surface area contributed by atoms with Gasteiger partial charge in [-0.3, -0.25) is 0 Å². The first-order chi connectivity index (χ1) is 14.6. The monoisotopic (exact) mass is 424 g/mol. The first-order valence-corrected chi connectivity index (χ1v) is 14.0. The first-order valence-electron chi connectivity index (χ1n) is 14.0. The normalized spacial score (nSPS) is 43.8. The zero-order valence-corrected chi connectivity index (χ0v) is 22.1. The van der Waals surface area contributed by atoms with Gasteiger partial charge in [-0.2, -0.15) is 0 Å². The highest BCUT2D eigenvalue weighted by Crippen LogP contribution is 2.67. The van der Waals surface area contributed by atoms with E-state index in [1.54, 1.807) is 0 Å². The molecule has 0 nitrogen and oxygen atoms in total. The number of allylic oxidation sites excluding steroid dienone is 4. The molecule has 0 aromatic heterocycles. The van der Waals surface area contributed by atoms with Crippen LogP contribution >= 0.6 is 0 Å². The van der Waals surface area contributed by atoms with Crippen molar-refractivity contribution in [3.8, 4) is 0 Å². The lowest BCUT2D eigenvalue weighted by Gasteiger charge is -2.58. The maximum atomic E-state index is 2.75. The summed E-state index contributed by atoms with van der Waals surface area (Å²) < 4.78 is 0. The minimum absolute atomic E-state index is 0.530. The van der Waals surface area contributed by atoms with Crippen LogP contribution in [0.5, 0.6) is 0 Å². The molecule has 0 N–H and O–H groups in total. The number of hydrogen-bond donors (Lipinski definition) is 0. The Morgan fingerprint density at radius 3 is 2.26 bits per heavy atom. The van der Waals surface area contributed by atoms with Crippen LogP contribution in [-0.2, 0) is 0 Å². The molecule has 4 aliphatic rings. The lowest BCUT2D eigenvalue weighted by molar-refractivity contribution is -0.0486. The second-order valence-electron chi connectivity index (χ2n) is 13.6. The van der Waals surface area contributed by atoms with Crippen molar-refractivity contribution >= 4 is 0 Å². The van der Waals surface area contributed by atoms with Crippen LogP contribution in [0.15, 0.2) is 23.8 Å². The van der Waals surface area contributed by atoms with Crippen LogP contribution in [0.25, 0.3) is 0 Å². The summed E-state index contributed by atoms with van der Waals surface area (Å²) in [4.78, 5) is 0. The zero-order chi connectivity index (χ0) is 22.6. The quantitative estimate of drug-likeness (QED) is 0.386. The summed E-state index contributed by atoms with van der Waals surface area (Å²) in [7, 11) is 0. The summed E-state index contributed by atoms with van der Waals surface area (Å²) in [6.07, 6.45) is 19.6. The van der Waals surface area contributed by atoms with E-state index in [0.29, 0.717) is 10.8 Å². The molecule has 0 heterocycles. The predicted octanol–water partition coefficient (Wildman–Crippen LogP) is 9.32. The van der Waals surface area contributed by atoms with Crippen LogP contribution in [-0.4, -0.2) is 0 Å². The molecule has 3 saturated carbocycles. The van der Waals surface area contributed by atoms with Crippen LogP contribution in [0, 0.1) is 64.1 Å². The van der Waals surface area contributed by atoms with E-state index >= 15 is 0 Å². The van der Waals surface area contributed by atoms with E-state index in [1.807, 2.05) is 5.57 Å². The highest BCUT2D eigenvalue weighted by atomic mass is 14.6. The Morgan fingerprint density at radius 2 is 1.58 bits per heavy atom. The van der Waals surface area contributed by atoms with Gasteiger partial charge in [0.25, 0.3) is 0 Å². The fraction of sp³-hybridized carbons (Fsp3) is 0.871. The molecule has 0 spiro atoms. The minimum Gasteiger partial charge on any atom is -0.0851 e. The summed E-state index contributed by atoms with van der Waals surface area (Å²) in [5.41, 5.74) is 2.96. The highest BCUT2D eigenvalue weighted by Gasteiger charge is 2.58. The van der Waals surface area contributed by atoms with E-state index in [1.165, 1.54) is 51.4 Å². The molecule has 0 amide bonds. The number of hydrogen-bond acceptors (Lipinski definition) is 0. The standard InChI is InChI=1S/C31H52/c1-20(2)25(21(3)4)11-9-23(6)27-13-14-28-26-12-10-24-19-22(5)15-17-30(24,7)29(26)16-18-31(27,28)8/h9-11,20-23,25-29H,12-19H2,1-8H3/b11-9+/t22-,23+,26-,27+,28-,29-,30-,31+/m0/s1. The molecule has 31 heavy (non-hydrogen) atoms. The van der Waals surface area contributed by atoms with Gasteiger partial charge in [0.05, 0.1) is 0 Å². The lowest BCUT2D eigenvalue weighted by Crippen LogP contribution is -2.50. The molecule has 0 heteroatoms. The molecule has 4 aliphatic carbocycles. The van der Waals surface area contributed by atoms with Gasteiger partial charge in [-0.05, 0) is 115 Å². The molecule has 0 saturated heterocycles. The third kappa shape index (κ3) is 4.01. The van der Waals surface area contributed by atoms with Crippen LogP contribution in [0.3, 0.4) is 0 Å². The fourth-order valence-electron chi connectivity index (χ4n) is 9.40. The SMILES string of the molecule is CC(C)C(/C=C/[C@@H](C)[C@H]1CC[C@H]2[C@@H]3CC=C4C[C@@H](C)CC[C@]4(C)[C@H]3CC[C@]12C)C(C)C. The molecular formula is C31H52. The summed E-state index contributed by atoms with van der Waals surface area (Å²) in [6, 6.07) is 0. The van der Waals surface area contributed by atoms with Crippen molar-refractivity contribution in [1.82, 2.24) is 0 Å². The van der Waals surface area contributed by atoms with Crippen LogP contribution in [0.4, 0.5) is 0 Å². The van der Waals surface area contributed by atoms with Gasteiger partial charge in [-0.1, -0.05) is 79.2 Å². The van der Waals surface area contributed by atoms with Crippen molar-refractivity contribution in [3.63, 3.8) is 0 Å². The Bertz CT molecular complexity index is 687. The Balaban J connectivity index is 1.52. The van der Waals surface area contributed by atoms with Gasteiger partial charge in [-0.15, -0.1) is 0 Å². The molecular weight excluding hydrogens is 372 g/mol. The Kier molecular flexibility index (Phi) is 6.62. The van der Waals surface area contributed by atoms with Crippen molar-refractivity contribution in [2.75, 3.05) is 0 Å². The van der Waals surface area contributed by atoms with Gasteiger partial charge in [0.1, 0.15) is 0 Å². The number of rotatable bonds is 5. The molecule has 0 radical (unpaired) electrons. The third-order valence-corrected chi connectivity index (χ3v) is 11.2. The lowest BCUT2D eigenvalue weighted by atomic mass is 9.46. The van der Waals surface area contributed by atoms with Crippen molar-refractivity contribution < 1.29 is 0 Å². The molecule has 4 rings (SSSR count). The van der Waals surface area contributed by atoms with E-state index in [4.69, 9.17) is 0 Å². The second kappa shape index (κ2) is 8.68. The Hall–Kier alpha value is -0.520. The largest absolute Gasteiger partial charge is 0.0851 e. The predicted molar refractivity (Wildman–Crippen MR) is 136 cm³/mol. The van der Waals surface area contributed by atoms with Gasteiger partial charge in [-0.25, -0.2) is 0 Å². The fourth-order valence-corrected chi connectivity index (χ4v) is 9.40. The second-order valence-corrected chi connectivity index (χ2v) is 13.6. The smallest absolute Gasteiger partial charge is 0.00851 e. The van der Waals surface area contributed by atoms with Crippen LogP contribution < -0.4 is 0 Å². The van der Waals surface area contributed by atoms with Gasteiger partial charge in [0.2, 0.25) is 0 Å². The first kappa shape index (κ1) is 23.6. The molecule has 0 unspecified atom stereocenters. The van der Waals surface area contributed by atoms with Crippen LogP contribution in [0.1, 0.15) is 107 Å². The van der Waals surface area contributed by atoms with Gasteiger partial charge < -0.3 is 0 Å². The average Bonchev–Trinajstić information content (AvgIpc) is 3.05. The van der Waals surface area contributed by atoms with E-state index in [0.717, 1.165) is 53.3 Å². The number of fused-ring (bicyclic) bond motifs is 5. The topological polar surface area (TPSA) is 0 Å². The molecule has 3 fully saturated rings. The third-order valence-electron chi connectivity index (χ3n) is 11.2. The Morgan fingerprint density at radius 1 is 0.871 bits per heavy atom. The molecule has 8 atom stereocenters. The minimum atomic E-state index is 0.530. The summed E-state index contributed by atoms with van der Waals surface area (Å²) in [5.74, 6) is 7.63. The van der Waals surface area contributed by atoms with Crippen molar-refractivity contribution in [3.05, 3.63) is 23.8 Å². The van der Waals surface area contributed by atoms with Gasteiger partial charge in [0, 0.05) is 0 Å². The summed E-state index contributed by atoms with van der Waals surface area (Å²) in [5, 5.41) is 0. The molecule has 0 bridgehead atoms. The molecule has 0 aromatic carbocycles. The van der Waals surface area contributed by atoms with Crippen molar-refractivity contribution in [2.45, 2.75) is 107 Å². The van der Waals surface area contributed by atoms with E-state index in [-0.39, 0.29) is 0 Å². The maximum Gasteiger partial charge on any atom is -0.00851 e. The van der Waals surface area contributed by atoms with E-state index in [2.05, 4.69) is 73.6 Å².